The Morgan fingerprint density at radius 3 is 2.77 bits per heavy atom. The van der Waals surface area contributed by atoms with Crippen LogP contribution in [0.15, 0.2) is 11.6 Å². The fourth-order valence-electron chi connectivity index (χ4n) is 4.38. The van der Waals surface area contributed by atoms with Crippen LogP contribution in [0.2, 0.25) is 0 Å². The summed E-state index contributed by atoms with van der Waals surface area (Å²) in [5.74, 6) is 0.204. The molecule has 1 aliphatic carbocycles. The topological polar surface area (TPSA) is 74.3 Å². The maximum atomic E-state index is 13.0. The molecule has 26 heavy (non-hydrogen) atoms. The molecule has 1 aromatic heterocycles. The second-order valence-corrected chi connectivity index (χ2v) is 8.66. The number of carbonyl (C=O) groups excluding carboxylic acids is 2. The van der Waals surface area contributed by atoms with Crippen molar-refractivity contribution in [2.24, 2.45) is 5.41 Å². The molecular formula is C19H30N4O2S. The van der Waals surface area contributed by atoms with Crippen LogP contribution >= 0.6 is 11.3 Å². The summed E-state index contributed by atoms with van der Waals surface area (Å²) in [5, 5.41) is 8.68. The minimum Gasteiger partial charge on any atom is -0.341 e. The third-order valence-electron chi connectivity index (χ3n) is 5.84. The lowest BCUT2D eigenvalue weighted by Crippen LogP contribution is -2.48. The first kappa shape index (κ1) is 19.3. The Labute approximate surface area is 159 Å². The zero-order valence-corrected chi connectivity index (χ0v) is 16.4. The quantitative estimate of drug-likeness (QED) is 0.798. The zero-order valence-electron chi connectivity index (χ0n) is 15.6. The summed E-state index contributed by atoms with van der Waals surface area (Å²) in [5.41, 5.74) is -0.191. The highest BCUT2D eigenvalue weighted by Crippen LogP contribution is 2.43. The van der Waals surface area contributed by atoms with Crippen molar-refractivity contribution in [3.05, 3.63) is 11.6 Å². The summed E-state index contributed by atoms with van der Waals surface area (Å²) in [7, 11) is 1.96. The minimum absolute atomic E-state index is 0.0126. The van der Waals surface area contributed by atoms with Gasteiger partial charge in [-0.15, -0.1) is 11.3 Å². The van der Waals surface area contributed by atoms with Gasteiger partial charge in [-0.05, 0) is 38.1 Å². The summed E-state index contributed by atoms with van der Waals surface area (Å²) in [6, 6.07) is 0.392. The molecule has 1 saturated heterocycles. The average Bonchev–Trinajstić information content (AvgIpc) is 3.15. The highest BCUT2D eigenvalue weighted by Gasteiger charge is 2.38. The van der Waals surface area contributed by atoms with Gasteiger partial charge in [0.2, 0.25) is 11.8 Å². The Morgan fingerprint density at radius 1 is 1.27 bits per heavy atom. The van der Waals surface area contributed by atoms with E-state index in [0.29, 0.717) is 24.0 Å². The molecule has 0 aromatic carbocycles. The minimum atomic E-state index is -0.191. The molecule has 6 nitrogen and oxygen atoms in total. The van der Waals surface area contributed by atoms with Crippen LogP contribution in [0, 0.1) is 5.41 Å². The monoisotopic (exact) mass is 378 g/mol. The first-order valence-corrected chi connectivity index (χ1v) is 10.6. The summed E-state index contributed by atoms with van der Waals surface area (Å²) in [4.78, 5) is 31.7. The normalized spacial score (nSPS) is 22.8. The number of nitrogens with one attached hydrogen (secondary N) is 2. The molecule has 2 amide bonds. The van der Waals surface area contributed by atoms with E-state index >= 15 is 0 Å². The largest absolute Gasteiger partial charge is 0.341 e. The zero-order chi connectivity index (χ0) is 18.4. The van der Waals surface area contributed by atoms with Crippen molar-refractivity contribution in [2.75, 3.05) is 25.5 Å². The molecule has 3 rings (SSSR count). The molecule has 0 radical (unpaired) electrons. The Hall–Kier alpha value is -1.47. The number of rotatable bonds is 6. The molecule has 1 aromatic rings. The molecule has 7 heteroatoms. The molecule has 1 unspecified atom stereocenters. The van der Waals surface area contributed by atoms with Gasteiger partial charge in [-0.2, -0.15) is 0 Å². The van der Waals surface area contributed by atoms with Crippen molar-refractivity contribution in [1.29, 1.82) is 0 Å². The number of likely N-dealkylation sites (N-methyl/N-ethyl adjacent to an activating group) is 1. The predicted octanol–water partition coefficient (Wildman–Crippen LogP) is 3.02. The third kappa shape index (κ3) is 5.04. The van der Waals surface area contributed by atoms with Gasteiger partial charge in [-0.3, -0.25) is 9.59 Å². The molecule has 2 fully saturated rings. The SMILES string of the molecule is CNC1CCCN(C(=O)CC2(CC(=O)Nc3nccs3)CCCCC2)C1. The number of likely N-dealkylation sites (tertiary alicyclic amines) is 1. The molecule has 2 N–H and O–H groups in total. The summed E-state index contributed by atoms with van der Waals surface area (Å²) in [6.07, 6.45) is 10.1. The van der Waals surface area contributed by atoms with Gasteiger partial charge in [0.05, 0.1) is 0 Å². The van der Waals surface area contributed by atoms with Gasteiger partial charge >= 0.3 is 0 Å². The second kappa shape index (κ2) is 8.95. The predicted molar refractivity (Wildman–Crippen MR) is 104 cm³/mol. The smallest absolute Gasteiger partial charge is 0.226 e. The van der Waals surface area contributed by atoms with Crippen LogP contribution in [0.3, 0.4) is 0 Å². The fourth-order valence-corrected chi connectivity index (χ4v) is 4.92. The standard InChI is InChI=1S/C19H30N4O2S/c1-20-15-6-5-10-23(14-15)17(25)13-19(7-3-2-4-8-19)12-16(24)22-18-21-9-11-26-18/h9,11,15,20H,2-8,10,12-14H2,1H3,(H,21,22,24). The van der Waals surface area contributed by atoms with Crippen molar-refractivity contribution < 1.29 is 9.59 Å². The maximum absolute atomic E-state index is 13.0. The third-order valence-corrected chi connectivity index (χ3v) is 6.53. The first-order valence-electron chi connectivity index (χ1n) is 9.75. The molecule has 2 aliphatic rings. The van der Waals surface area contributed by atoms with E-state index in [4.69, 9.17) is 0 Å². The van der Waals surface area contributed by atoms with E-state index in [2.05, 4.69) is 15.6 Å². The lowest BCUT2D eigenvalue weighted by molar-refractivity contribution is -0.136. The number of anilines is 1. The van der Waals surface area contributed by atoms with Crippen LogP contribution in [-0.2, 0) is 9.59 Å². The van der Waals surface area contributed by atoms with Crippen molar-refractivity contribution in [2.45, 2.75) is 63.8 Å². The van der Waals surface area contributed by atoms with Crippen LogP contribution in [-0.4, -0.2) is 47.9 Å². The Kier molecular flexibility index (Phi) is 6.64. The summed E-state index contributed by atoms with van der Waals surface area (Å²) in [6.45, 7) is 1.63. The second-order valence-electron chi connectivity index (χ2n) is 7.77. The van der Waals surface area contributed by atoms with Gasteiger partial charge in [-0.25, -0.2) is 4.98 Å². The number of carbonyl (C=O) groups is 2. The highest BCUT2D eigenvalue weighted by molar-refractivity contribution is 7.13. The van der Waals surface area contributed by atoms with E-state index in [1.165, 1.54) is 17.8 Å². The fraction of sp³-hybridized carbons (Fsp3) is 0.737. The molecule has 0 bridgehead atoms. The summed E-state index contributed by atoms with van der Waals surface area (Å²) >= 11 is 1.43. The van der Waals surface area contributed by atoms with E-state index in [1.54, 1.807) is 6.20 Å². The lowest BCUT2D eigenvalue weighted by atomic mass is 9.69. The van der Waals surface area contributed by atoms with Crippen molar-refractivity contribution in [1.82, 2.24) is 15.2 Å². The van der Waals surface area contributed by atoms with Crippen LogP contribution < -0.4 is 10.6 Å². The number of thiazole rings is 1. The first-order chi connectivity index (χ1) is 12.6. The number of amides is 2. The number of hydrogen-bond donors (Lipinski definition) is 2. The molecule has 0 spiro atoms. The Bertz CT molecular complexity index is 599. The Balaban J connectivity index is 1.62. The lowest BCUT2D eigenvalue weighted by Gasteiger charge is -2.39. The van der Waals surface area contributed by atoms with E-state index < -0.39 is 0 Å². The van der Waals surface area contributed by atoms with Gasteiger partial charge in [0, 0.05) is 43.5 Å². The van der Waals surface area contributed by atoms with Crippen molar-refractivity contribution in [3.63, 3.8) is 0 Å². The number of aromatic nitrogens is 1. The highest BCUT2D eigenvalue weighted by atomic mass is 32.1. The molecule has 1 atom stereocenters. The van der Waals surface area contributed by atoms with E-state index in [9.17, 15) is 9.59 Å². The molecular weight excluding hydrogens is 348 g/mol. The van der Waals surface area contributed by atoms with Crippen LogP contribution in [0.25, 0.3) is 0 Å². The summed E-state index contributed by atoms with van der Waals surface area (Å²) < 4.78 is 0. The van der Waals surface area contributed by atoms with Crippen LogP contribution in [0.5, 0.6) is 0 Å². The van der Waals surface area contributed by atoms with E-state index in [0.717, 1.165) is 51.6 Å². The van der Waals surface area contributed by atoms with Crippen molar-refractivity contribution in [3.8, 4) is 0 Å². The van der Waals surface area contributed by atoms with E-state index in [1.807, 2.05) is 17.3 Å². The van der Waals surface area contributed by atoms with Crippen LogP contribution in [0.1, 0.15) is 57.8 Å². The molecule has 144 valence electrons. The molecule has 1 saturated carbocycles. The average molecular weight is 379 g/mol. The van der Waals surface area contributed by atoms with Crippen molar-refractivity contribution >= 4 is 28.3 Å². The number of hydrogen-bond acceptors (Lipinski definition) is 5. The van der Waals surface area contributed by atoms with Gasteiger partial charge in [0.15, 0.2) is 5.13 Å². The molecule has 2 heterocycles. The van der Waals surface area contributed by atoms with Gasteiger partial charge in [0.25, 0.3) is 0 Å². The van der Waals surface area contributed by atoms with Gasteiger partial charge < -0.3 is 15.5 Å². The number of piperidine rings is 1. The van der Waals surface area contributed by atoms with Crippen LogP contribution in [0.4, 0.5) is 5.13 Å². The van der Waals surface area contributed by atoms with Gasteiger partial charge in [-0.1, -0.05) is 19.3 Å². The molecule has 1 aliphatic heterocycles. The maximum Gasteiger partial charge on any atom is 0.226 e. The Morgan fingerprint density at radius 2 is 2.08 bits per heavy atom. The van der Waals surface area contributed by atoms with Gasteiger partial charge in [0.1, 0.15) is 0 Å². The van der Waals surface area contributed by atoms with E-state index in [-0.39, 0.29) is 17.2 Å². The number of nitrogens with zero attached hydrogens (tertiary/aromatic N) is 2.